The lowest BCUT2D eigenvalue weighted by molar-refractivity contribution is -0.173. The number of likely N-dealkylation sites (tertiary alicyclic amines) is 1. The summed E-state index contributed by atoms with van der Waals surface area (Å²) in [5.41, 5.74) is 0.260. The summed E-state index contributed by atoms with van der Waals surface area (Å²) in [5.74, 6) is -3.49. The summed E-state index contributed by atoms with van der Waals surface area (Å²) in [6, 6.07) is 11.7. The van der Waals surface area contributed by atoms with Crippen molar-refractivity contribution in [1.82, 2.24) is 15.5 Å². The van der Waals surface area contributed by atoms with Crippen molar-refractivity contribution in [3.05, 3.63) is 59.4 Å². The SMILES string of the molecule is CCc1cccc(-c2c(F)cccc2C(O)(CCCNC(=O)C(F)(F)F)C2CCCN(C(=O)CC(O)CNC)C2)c1. The standard InChI is InChI=1S/C30H39F4N3O4/c1-3-20-8-4-9-21(16-20)27-24(11-5-12-25(27)31)29(41,13-7-14-36-28(40)30(32,33)34)22-10-6-15-37(19-22)26(39)17-23(38)18-35-2/h4-5,8-9,11-12,16,22-23,35,38,41H,3,6-7,10,13-15,17-19H2,1-2H3,(H,36,40). The molecule has 1 saturated heterocycles. The zero-order valence-corrected chi connectivity index (χ0v) is 23.4. The Balaban J connectivity index is 1.98. The first-order valence-corrected chi connectivity index (χ1v) is 14.0. The lowest BCUT2D eigenvalue weighted by atomic mass is 9.72. The first-order chi connectivity index (χ1) is 19.4. The van der Waals surface area contributed by atoms with E-state index in [1.807, 2.05) is 24.4 Å². The Bertz CT molecular complexity index is 1190. The lowest BCUT2D eigenvalue weighted by Crippen LogP contribution is -2.49. The largest absolute Gasteiger partial charge is 0.471 e. The molecule has 3 atom stereocenters. The number of likely N-dealkylation sites (N-methyl/N-ethyl adjacent to an activating group) is 1. The highest BCUT2D eigenvalue weighted by Gasteiger charge is 2.43. The van der Waals surface area contributed by atoms with Gasteiger partial charge in [0, 0.05) is 37.7 Å². The number of alkyl halides is 3. The molecule has 0 radical (unpaired) electrons. The maximum absolute atomic E-state index is 15.5. The smallest absolute Gasteiger partial charge is 0.391 e. The van der Waals surface area contributed by atoms with Crippen LogP contribution in [0.5, 0.6) is 0 Å². The number of hydrogen-bond acceptors (Lipinski definition) is 5. The summed E-state index contributed by atoms with van der Waals surface area (Å²) in [4.78, 5) is 25.9. The number of aliphatic hydroxyl groups is 2. The van der Waals surface area contributed by atoms with Crippen LogP contribution < -0.4 is 10.6 Å². The molecule has 1 fully saturated rings. The van der Waals surface area contributed by atoms with Crippen LogP contribution in [0.1, 0.15) is 50.2 Å². The van der Waals surface area contributed by atoms with Gasteiger partial charge in [-0.3, -0.25) is 9.59 Å². The minimum Gasteiger partial charge on any atom is -0.391 e. The Kier molecular flexibility index (Phi) is 11.3. The fourth-order valence-corrected chi connectivity index (χ4v) is 5.58. The molecule has 2 amide bonds. The van der Waals surface area contributed by atoms with E-state index >= 15 is 4.39 Å². The normalized spacial score (nSPS) is 18.0. The van der Waals surface area contributed by atoms with Crippen molar-refractivity contribution in [2.45, 2.75) is 63.3 Å². The molecule has 0 aromatic heterocycles. The van der Waals surface area contributed by atoms with E-state index in [0.29, 0.717) is 31.4 Å². The third kappa shape index (κ3) is 8.27. The molecule has 7 nitrogen and oxygen atoms in total. The van der Waals surface area contributed by atoms with Gasteiger partial charge < -0.3 is 25.7 Å². The molecular formula is C30H39F4N3O4. The highest BCUT2D eigenvalue weighted by molar-refractivity contribution is 5.81. The molecule has 226 valence electrons. The number of hydrogen-bond donors (Lipinski definition) is 4. The summed E-state index contributed by atoms with van der Waals surface area (Å²) in [6.07, 6.45) is -4.38. The Morgan fingerprint density at radius 3 is 2.59 bits per heavy atom. The first-order valence-electron chi connectivity index (χ1n) is 14.0. The number of halogens is 4. The molecular weight excluding hydrogens is 542 g/mol. The number of piperidine rings is 1. The van der Waals surface area contributed by atoms with Gasteiger partial charge in [0.15, 0.2) is 0 Å². The predicted octanol–water partition coefficient (Wildman–Crippen LogP) is 3.91. The van der Waals surface area contributed by atoms with E-state index in [4.69, 9.17) is 0 Å². The highest BCUT2D eigenvalue weighted by Crippen LogP contribution is 2.44. The van der Waals surface area contributed by atoms with Crippen molar-refractivity contribution >= 4 is 11.8 Å². The number of carbonyl (C=O) groups is 2. The summed E-state index contributed by atoms with van der Waals surface area (Å²) in [7, 11) is 1.66. The van der Waals surface area contributed by atoms with Crippen LogP contribution in [0.3, 0.4) is 0 Å². The van der Waals surface area contributed by atoms with Gasteiger partial charge >= 0.3 is 12.1 Å². The topological polar surface area (TPSA) is 102 Å². The van der Waals surface area contributed by atoms with Crippen molar-refractivity contribution in [3.63, 3.8) is 0 Å². The Morgan fingerprint density at radius 2 is 1.90 bits per heavy atom. The van der Waals surface area contributed by atoms with E-state index in [0.717, 1.165) is 5.56 Å². The maximum Gasteiger partial charge on any atom is 0.471 e. The maximum atomic E-state index is 15.5. The zero-order chi connectivity index (χ0) is 30.2. The number of nitrogens with one attached hydrogen (secondary N) is 2. The molecule has 1 aliphatic rings. The van der Waals surface area contributed by atoms with Gasteiger partial charge in [-0.05, 0) is 61.9 Å². The van der Waals surface area contributed by atoms with E-state index in [-0.39, 0.29) is 55.9 Å². The number of aliphatic hydroxyl groups excluding tert-OH is 1. The average molecular weight is 582 g/mol. The molecule has 0 saturated carbocycles. The lowest BCUT2D eigenvalue weighted by Gasteiger charge is -2.44. The molecule has 11 heteroatoms. The third-order valence-corrected chi connectivity index (χ3v) is 7.68. The highest BCUT2D eigenvalue weighted by atomic mass is 19.4. The summed E-state index contributed by atoms with van der Waals surface area (Å²) in [5, 5.41) is 27.2. The van der Waals surface area contributed by atoms with Crippen LogP contribution in [0.2, 0.25) is 0 Å². The summed E-state index contributed by atoms with van der Waals surface area (Å²) >= 11 is 0. The third-order valence-electron chi connectivity index (χ3n) is 7.68. The van der Waals surface area contributed by atoms with E-state index < -0.39 is 35.5 Å². The molecule has 0 bridgehead atoms. The van der Waals surface area contributed by atoms with Crippen molar-refractivity contribution in [2.24, 2.45) is 5.92 Å². The molecule has 41 heavy (non-hydrogen) atoms. The molecule has 0 aliphatic carbocycles. The summed E-state index contributed by atoms with van der Waals surface area (Å²) < 4.78 is 53.6. The predicted molar refractivity (Wildman–Crippen MR) is 147 cm³/mol. The molecule has 2 aromatic carbocycles. The van der Waals surface area contributed by atoms with Crippen LogP contribution >= 0.6 is 0 Å². The minimum atomic E-state index is -5.03. The van der Waals surface area contributed by atoms with E-state index in [1.165, 1.54) is 12.1 Å². The zero-order valence-electron chi connectivity index (χ0n) is 23.4. The molecule has 1 aliphatic heterocycles. The summed E-state index contributed by atoms with van der Waals surface area (Å²) in [6.45, 7) is 2.41. The number of nitrogens with zero attached hydrogens (tertiary/aromatic N) is 1. The average Bonchev–Trinajstić information content (AvgIpc) is 2.94. The quantitative estimate of drug-likeness (QED) is 0.225. The van der Waals surface area contributed by atoms with E-state index in [9.17, 15) is 33.0 Å². The Morgan fingerprint density at radius 1 is 1.17 bits per heavy atom. The monoisotopic (exact) mass is 581 g/mol. The molecule has 3 rings (SSSR count). The van der Waals surface area contributed by atoms with E-state index in [2.05, 4.69) is 5.32 Å². The van der Waals surface area contributed by atoms with Crippen molar-refractivity contribution in [2.75, 3.05) is 33.2 Å². The van der Waals surface area contributed by atoms with Crippen molar-refractivity contribution < 1.29 is 37.4 Å². The molecule has 0 spiro atoms. The number of aryl methyl sites for hydroxylation is 1. The van der Waals surface area contributed by atoms with E-state index in [1.54, 1.807) is 30.1 Å². The van der Waals surface area contributed by atoms with Gasteiger partial charge in [-0.15, -0.1) is 0 Å². The van der Waals surface area contributed by atoms with Crippen LogP contribution in [-0.4, -0.2) is 72.4 Å². The first kappa shape index (κ1) is 32.5. The van der Waals surface area contributed by atoms with Gasteiger partial charge in [0.05, 0.1) is 18.1 Å². The van der Waals surface area contributed by atoms with Crippen LogP contribution in [0, 0.1) is 11.7 Å². The van der Waals surface area contributed by atoms with Gasteiger partial charge in [0.2, 0.25) is 5.91 Å². The second-order valence-electron chi connectivity index (χ2n) is 10.6. The van der Waals surface area contributed by atoms with Gasteiger partial charge in [-0.25, -0.2) is 4.39 Å². The molecule has 2 aromatic rings. The number of benzene rings is 2. The van der Waals surface area contributed by atoms with Crippen LogP contribution in [0.25, 0.3) is 11.1 Å². The number of amides is 2. The van der Waals surface area contributed by atoms with Gasteiger partial charge in [-0.1, -0.05) is 43.3 Å². The fourth-order valence-electron chi connectivity index (χ4n) is 5.58. The van der Waals surface area contributed by atoms with Gasteiger partial charge in [-0.2, -0.15) is 13.2 Å². The molecule has 1 heterocycles. The van der Waals surface area contributed by atoms with Gasteiger partial charge in [0.1, 0.15) is 5.82 Å². The van der Waals surface area contributed by atoms with Crippen LogP contribution in [-0.2, 0) is 21.6 Å². The number of rotatable bonds is 12. The second kappa shape index (κ2) is 14.2. The van der Waals surface area contributed by atoms with Crippen molar-refractivity contribution in [1.29, 1.82) is 0 Å². The second-order valence-corrected chi connectivity index (χ2v) is 10.6. The van der Waals surface area contributed by atoms with Crippen molar-refractivity contribution in [3.8, 4) is 11.1 Å². The Labute approximate surface area is 237 Å². The molecule has 4 N–H and O–H groups in total. The minimum absolute atomic E-state index is 0.0192. The fraction of sp³-hybridized carbons (Fsp3) is 0.533. The van der Waals surface area contributed by atoms with Gasteiger partial charge in [0.25, 0.3) is 0 Å². The van der Waals surface area contributed by atoms with Crippen LogP contribution in [0.15, 0.2) is 42.5 Å². The number of carbonyl (C=O) groups excluding carboxylic acids is 2. The molecule has 3 unspecified atom stereocenters. The van der Waals surface area contributed by atoms with Crippen LogP contribution in [0.4, 0.5) is 17.6 Å². The Hall–Kier alpha value is -3.02.